The lowest BCUT2D eigenvalue weighted by Crippen LogP contribution is -2.30. The molecule has 1 atom stereocenters. The van der Waals surface area contributed by atoms with Crippen molar-refractivity contribution in [1.29, 1.82) is 0 Å². The molecule has 1 aliphatic heterocycles. The fourth-order valence-corrected chi connectivity index (χ4v) is 5.10. The highest BCUT2D eigenvalue weighted by atomic mass is 32.2. The highest BCUT2D eigenvalue weighted by Crippen LogP contribution is 2.28. The third-order valence-electron chi connectivity index (χ3n) is 6.03. The van der Waals surface area contributed by atoms with Gasteiger partial charge in [0.2, 0.25) is 5.91 Å². The Hall–Kier alpha value is -3.44. The van der Waals surface area contributed by atoms with E-state index in [1.807, 2.05) is 4.57 Å². The van der Waals surface area contributed by atoms with Gasteiger partial charge in [-0.05, 0) is 75.3 Å². The topological polar surface area (TPSA) is 112 Å². The number of aromatic nitrogens is 5. The third-order valence-corrected chi connectivity index (χ3v) is 7.08. The van der Waals surface area contributed by atoms with E-state index in [4.69, 9.17) is 0 Å². The van der Waals surface area contributed by atoms with E-state index in [9.17, 15) is 14.0 Å². The van der Waals surface area contributed by atoms with Crippen LogP contribution in [0.15, 0.2) is 52.4 Å². The summed E-state index contributed by atoms with van der Waals surface area (Å²) in [6, 6.07) is 11.4. The van der Waals surface area contributed by atoms with E-state index in [2.05, 4.69) is 30.4 Å². The molecule has 2 aromatic heterocycles. The van der Waals surface area contributed by atoms with Crippen molar-refractivity contribution in [3.63, 3.8) is 0 Å². The summed E-state index contributed by atoms with van der Waals surface area (Å²) in [6.07, 6.45) is 3.56. The largest absolute Gasteiger partial charge is 0.325 e. The van der Waals surface area contributed by atoms with Crippen molar-refractivity contribution >= 4 is 34.4 Å². The molecule has 0 radical (unpaired) electrons. The van der Waals surface area contributed by atoms with E-state index in [0.717, 1.165) is 37.4 Å². The molecule has 0 aliphatic carbocycles. The first-order valence-electron chi connectivity index (χ1n) is 11.6. The maximum Gasteiger partial charge on any atom is 0.323 e. The number of nitrogens with zero attached hydrogens (tertiary/aromatic N) is 4. The quantitative estimate of drug-likeness (QED) is 0.337. The number of fused-ring (bicyclic) bond motifs is 1. The fraction of sp³-hybridized carbons (Fsp3) is 0.333. The summed E-state index contributed by atoms with van der Waals surface area (Å²) in [5.41, 5.74) is 2.32. The molecule has 9 nitrogen and oxygen atoms in total. The van der Waals surface area contributed by atoms with E-state index >= 15 is 0 Å². The summed E-state index contributed by atoms with van der Waals surface area (Å²) in [5.74, 6) is 0.232. The number of carbonyl (C=O) groups excluding carboxylic acids is 1. The van der Waals surface area contributed by atoms with E-state index in [0.29, 0.717) is 28.4 Å². The van der Waals surface area contributed by atoms with Gasteiger partial charge in [-0.1, -0.05) is 18.2 Å². The molecule has 1 amide bonds. The zero-order valence-corrected chi connectivity index (χ0v) is 20.1. The number of amides is 1. The van der Waals surface area contributed by atoms with Crippen molar-refractivity contribution in [1.82, 2.24) is 29.6 Å². The van der Waals surface area contributed by atoms with Crippen LogP contribution in [-0.2, 0) is 11.3 Å². The molecular formula is C24H26FN7O2S. The molecule has 5 rings (SSSR count). The molecular weight excluding hydrogens is 469 g/mol. The van der Waals surface area contributed by atoms with Crippen LogP contribution < -0.4 is 11.0 Å². The molecule has 4 aromatic rings. The highest BCUT2D eigenvalue weighted by molar-refractivity contribution is 8.00. The first-order chi connectivity index (χ1) is 17.0. The van der Waals surface area contributed by atoms with Gasteiger partial charge in [0.15, 0.2) is 11.0 Å². The summed E-state index contributed by atoms with van der Waals surface area (Å²) in [4.78, 5) is 32.1. The van der Waals surface area contributed by atoms with Crippen LogP contribution in [0.4, 0.5) is 10.1 Å². The lowest BCUT2D eigenvalue weighted by Gasteiger charge is -2.26. The van der Waals surface area contributed by atoms with Gasteiger partial charge in [-0.3, -0.25) is 14.3 Å². The lowest BCUT2D eigenvalue weighted by molar-refractivity contribution is -0.115. The van der Waals surface area contributed by atoms with Crippen molar-refractivity contribution in [3.05, 3.63) is 64.6 Å². The van der Waals surface area contributed by atoms with Crippen LogP contribution in [0.5, 0.6) is 0 Å². The molecule has 0 unspecified atom stereocenters. The number of nitrogens with one attached hydrogen (secondary N) is 3. The Kier molecular flexibility index (Phi) is 6.69. The molecule has 35 heavy (non-hydrogen) atoms. The number of thioether (sulfide) groups is 1. The number of anilines is 1. The molecule has 0 saturated carbocycles. The maximum absolute atomic E-state index is 13.6. The summed E-state index contributed by atoms with van der Waals surface area (Å²) in [5, 5.41) is 11.8. The molecule has 11 heteroatoms. The maximum atomic E-state index is 13.6. The average Bonchev–Trinajstić information content (AvgIpc) is 3.42. The lowest BCUT2D eigenvalue weighted by atomic mass is 10.1. The van der Waals surface area contributed by atoms with Crippen LogP contribution in [-0.4, -0.2) is 53.9 Å². The molecule has 0 spiro atoms. The van der Waals surface area contributed by atoms with Gasteiger partial charge >= 0.3 is 5.69 Å². The number of H-pyrrole nitrogens is 2. The predicted molar refractivity (Wildman–Crippen MR) is 133 cm³/mol. The summed E-state index contributed by atoms with van der Waals surface area (Å²) in [6.45, 7) is 4.45. The molecule has 182 valence electrons. The number of aromatic amines is 2. The number of hydrogen-bond acceptors (Lipinski definition) is 6. The molecule has 0 bridgehead atoms. The fourth-order valence-electron chi connectivity index (χ4n) is 4.21. The summed E-state index contributed by atoms with van der Waals surface area (Å²) >= 11 is 1.29. The second-order valence-corrected chi connectivity index (χ2v) is 9.94. The number of hydrogen-bond donors (Lipinski definition) is 3. The van der Waals surface area contributed by atoms with Crippen molar-refractivity contribution in [2.45, 2.75) is 43.1 Å². The number of imidazole rings is 1. The monoisotopic (exact) mass is 495 g/mol. The number of carbonyl (C=O) groups is 1. The van der Waals surface area contributed by atoms with Gasteiger partial charge in [-0.2, -0.15) is 0 Å². The van der Waals surface area contributed by atoms with Crippen molar-refractivity contribution < 1.29 is 9.18 Å². The second-order valence-electron chi connectivity index (χ2n) is 8.64. The number of piperidine rings is 1. The number of rotatable bonds is 7. The minimum atomic E-state index is -0.484. The number of benzene rings is 2. The normalized spacial score (nSPS) is 15.4. The standard InChI is InChI=1S/C24H26FN7O2S/c1-15(22(33)26-17-7-10-19-20(13-17)28-23(34)27-19)35-24-30-29-21(14-31-11-3-2-4-12-31)32(24)18-8-5-16(25)6-9-18/h5-10,13,15H,2-4,11-12,14H2,1H3,(H,26,33)(H2,27,28,34)/t15-/m0/s1. The van der Waals surface area contributed by atoms with E-state index in [1.54, 1.807) is 37.3 Å². The highest BCUT2D eigenvalue weighted by Gasteiger charge is 2.23. The average molecular weight is 496 g/mol. The van der Waals surface area contributed by atoms with Gasteiger partial charge < -0.3 is 15.3 Å². The Morgan fingerprint density at radius 3 is 2.60 bits per heavy atom. The Morgan fingerprint density at radius 1 is 1.09 bits per heavy atom. The van der Waals surface area contributed by atoms with Gasteiger partial charge in [0.25, 0.3) is 0 Å². The van der Waals surface area contributed by atoms with Crippen molar-refractivity contribution in [3.8, 4) is 5.69 Å². The Morgan fingerprint density at radius 2 is 1.83 bits per heavy atom. The van der Waals surface area contributed by atoms with Crippen molar-refractivity contribution in [2.75, 3.05) is 18.4 Å². The van der Waals surface area contributed by atoms with Gasteiger partial charge in [0.05, 0.1) is 22.8 Å². The first kappa shape index (κ1) is 23.3. The number of likely N-dealkylation sites (tertiary alicyclic amines) is 1. The summed E-state index contributed by atoms with van der Waals surface area (Å²) in [7, 11) is 0. The Labute approximate surface area is 205 Å². The van der Waals surface area contributed by atoms with E-state index < -0.39 is 5.25 Å². The van der Waals surface area contributed by atoms with Crippen LogP contribution in [0.1, 0.15) is 32.0 Å². The second kappa shape index (κ2) is 10.0. The van der Waals surface area contributed by atoms with E-state index in [1.165, 1.54) is 30.3 Å². The Balaban J connectivity index is 1.36. The smallest absolute Gasteiger partial charge is 0.323 e. The van der Waals surface area contributed by atoms with Crippen LogP contribution in [0.2, 0.25) is 0 Å². The number of halogens is 1. The first-order valence-corrected chi connectivity index (χ1v) is 12.5. The van der Waals surface area contributed by atoms with Gasteiger partial charge in [-0.25, -0.2) is 9.18 Å². The molecule has 3 heterocycles. The van der Waals surface area contributed by atoms with Gasteiger partial charge in [-0.15, -0.1) is 10.2 Å². The predicted octanol–water partition coefficient (Wildman–Crippen LogP) is 3.68. The molecule has 1 fully saturated rings. The molecule has 3 N–H and O–H groups in total. The molecule has 1 saturated heterocycles. The third kappa shape index (κ3) is 5.30. The molecule has 2 aromatic carbocycles. The zero-order chi connectivity index (χ0) is 24.4. The van der Waals surface area contributed by atoms with Crippen LogP contribution in [0, 0.1) is 5.82 Å². The van der Waals surface area contributed by atoms with Crippen LogP contribution >= 0.6 is 11.8 Å². The summed E-state index contributed by atoms with van der Waals surface area (Å²) < 4.78 is 15.5. The van der Waals surface area contributed by atoms with Gasteiger partial charge in [0, 0.05) is 11.4 Å². The minimum absolute atomic E-state index is 0.210. The SMILES string of the molecule is C[C@H](Sc1nnc(CN2CCCCC2)n1-c1ccc(F)cc1)C(=O)Nc1ccc2[nH]c(=O)[nH]c2c1. The van der Waals surface area contributed by atoms with E-state index in [-0.39, 0.29) is 17.4 Å². The Bertz CT molecular complexity index is 1390. The molecule has 1 aliphatic rings. The van der Waals surface area contributed by atoms with Gasteiger partial charge in [0.1, 0.15) is 5.82 Å². The van der Waals surface area contributed by atoms with Crippen LogP contribution in [0.25, 0.3) is 16.7 Å². The zero-order valence-electron chi connectivity index (χ0n) is 19.3. The van der Waals surface area contributed by atoms with Crippen LogP contribution in [0.3, 0.4) is 0 Å². The minimum Gasteiger partial charge on any atom is -0.325 e. The van der Waals surface area contributed by atoms with Crippen molar-refractivity contribution in [2.24, 2.45) is 0 Å².